The number of nitrogens with one attached hydrogen (secondary N) is 1. The van der Waals surface area contributed by atoms with E-state index in [4.69, 9.17) is 5.11 Å². The standard InChI is InChI=1S/C14H19NO2S/c1-10-8-18-9-13(10)15-12-4-2-3-11(7-12)5-6-14(16)17/h2-4,7,10,13,15H,5-6,8-9H2,1H3,(H,16,17). The van der Waals surface area contributed by atoms with Crippen LogP contribution in [-0.2, 0) is 11.2 Å². The lowest BCUT2D eigenvalue weighted by atomic mass is 10.0. The first kappa shape index (κ1) is 13.3. The number of aryl methyl sites for hydroxylation is 1. The first-order valence-electron chi connectivity index (χ1n) is 6.30. The molecule has 0 aliphatic carbocycles. The van der Waals surface area contributed by atoms with Crippen molar-refractivity contribution in [3.05, 3.63) is 29.8 Å². The highest BCUT2D eigenvalue weighted by Gasteiger charge is 2.23. The summed E-state index contributed by atoms with van der Waals surface area (Å²) in [5, 5.41) is 12.2. The summed E-state index contributed by atoms with van der Waals surface area (Å²) in [5.41, 5.74) is 2.19. The largest absolute Gasteiger partial charge is 0.481 e. The predicted molar refractivity (Wildman–Crippen MR) is 76.3 cm³/mol. The second kappa shape index (κ2) is 6.14. The molecular formula is C14H19NO2S. The van der Waals surface area contributed by atoms with Gasteiger partial charge in [-0.05, 0) is 35.8 Å². The molecule has 0 saturated carbocycles. The van der Waals surface area contributed by atoms with Crippen LogP contribution in [0.15, 0.2) is 24.3 Å². The zero-order chi connectivity index (χ0) is 13.0. The van der Waals surface area contributed by atoms with Crippen molar-refractivity contribution in [1.29, 1.82) is 0 Å². The maximum atomic E-state index is 10.6. The summed E-state index contributed by atoms with van der Waals surface area (Å²) in [6.07, 6.45) is 0.791. The SMILES string of the molecule is CC1CSCC1Nc1cccc(CCC(=O)O)c1. The molecule has 1 aromatic rings. The second-order valence-corrected chi connectivity index (χ2v) is 5.93. The van der Waals surface area contributed by atoms with Crippen LogP contribution in [0.25, 0.3) is 0 Å². The van der Waals surface area contributed by atoms with Crippen molar-refractivity contribution in [1.82, 2.24) is 0 Å². The van der Waals surface area contributed by atoms with Gasteiger partial charge in [-0.1, -0.05) is 19.1 Å². The topological polar surface area (TPSA) is 49.3 Å². The first-order valence-corrected chi connectivity index (χ1v) is 7.45. The fraction of sp³-hybridized carbons (Fsp3) is 0.500. The van der Waals surface area contributed by atoms with Crippen LogP contribution in [-0.4, -0.2) is 28.6 Å². The minimum atomic E-state index is -0.742. The van der Waals surface area contributed by atoms with E-state index in [-0.39, 0.29) is 6.42 Å². The van der Waals surface area contributed by atoms with Crippen molar-refractivity contribution in [3.8, 4) is 0 Å². The number of rotatable bonds is 5. The molecule has 0 amide bonds. The van der Waals surface area contributed by atoms with Crippen molar-refractivity contribution < 1.29 is 9.90 Å². The molecular weight excluding hydrogens is 246 g/mol. The second-order valence-electron chi connectivity index (χ2n) is 4.86. The molecule has 2 atom stereocenters. The lowest BCUT2D eigenvalue weighted by Crippen LogP contribution is -2.25. The maximum absolute atomic E-state index is 10.6. The highest BCUT2D eigenvalue weighted by Crippen LogP contribution is 2.26. The van der Waals surface area contributed by atoms with Gasteiger partial charge >= 0.3 is 5.97 Å². The van der Waals surface area contributed by atoms with E-state index in [9.17, 15) is 4.79 Å². The van der Waals surface area contributed by atoms with Gasteiger partial charge in [0.25, 0.3) is 0 Å². The van der Waals surface area contributed by atoms with Crippen LogP contribution in [0, 0.1) is 5.92 Å². The van der Waals surface area contributed by atoms with E-state index in [1.807, 2.05) is 23.9 Å². The number of carboxylic acids is 1. The number of carboxylic acid groups (broad SMARTS) is 1. The fourth-order valence-electron chi connectivity index (χ4n) is 2.13. The van der Waals surface area contributed by atoms with Crippen molar-refractivity contribution in [3.63, 3.8) is 0 Å². The molecule has 1 heterocycles. The molecule has 0 spiro atoms. The van der Waals surface area contributed by atoms with E-state index in [0.29, 0.717) is 18.4 Å². The minimum Gasteiger partial charge on any atom is -0.481 e. The third-order valence-corrected chi connectivity index (χ3v) is 4.63. The number of anilines is 1. The van der Waals surface area contributed by atoms with E-state index in [2.05, 4.69) is 24.4 Å². The monoisotopic (exact) mass is 265 g/mol. The Morgan fingerprint density at radius 1 is 1.50 bits per heavy atom. The highest BCUT2D eigenvalue weighted by molar-refractivity contribution is 7.99. The molecule has 1 fully saturated rings. The van der Waals surface area contributed by atoms with E-state index in [1.165, 1.54) is 5.75 Å². The van der Waals surface area contributed by atoms with Crippen LogP contribution >= 0.6 is 11.8 Å². The average Bonchev–Trinajstić information content (AvgIpc) is 2.73. The summed E-state index contributed by atoms with van der Waals surface area (Å²) in [5.74, 6) is 2.32. The van der Waals surface area contributed by atoms with Crippen LogP contribution in [0.4, 0.5) is 5.69 Å². The molecule has 0 radical (unpaired) electrons. The lowest BCUT2D eigenvalue weighted by Gasteiger charge is -2.18. The first-order chi connectivity index (χ1) is 8.65. The van der Waals surface area contributed by atoms with Crippen LogP contribution < -0.4 is 5.32 Å². The summed E-state index contributed by atoms with van der Waals surface area (Å²) < 4.78 is 0. The minimum absolute atomic E-state index is 0.194. The van der Waals surface area contributed by atoms with Gasteiger partial charge in [0.15, 0.2) is 0 Å². The van der Waals surface area contributed by atoms with Gasteiger partial charge < -0.3 is 10.4 Å². The molecule has 1 aliphatic heterocycles. The molecule has 2 N–H and O–H groups in total. The van der Waals surface area contributed by atoms with E-state index >= 15 is 0 Å². The molecule has 0 bridgehead atoms. The molecule has 4 heteroatoms. The normalized spacial score (nSPS) is 22.9. The fourth-order valence-corrected chi connectivity index (χ4v) is 3.53. The molecule has 1 aromatic carbocycles. The van der Waals surface area contributed by atoms with Crippen LogP contribution in [0.2, 0.25) is 0 Å². The number of carbonyl (C=O) groups is 1. The lowest BCUT2D eigenvalue weighted by molar-refractivity contribution is -0.136. The van der Waals surface area contributed by atoms with E-state index in [1.54, 1.807) is 0 Å². The van der Waals surface area contributed by atoms with Crippen molar-refractivity contribution in [2.75, 3.05) is 16.8 Å². The molecule has 18 heavy (non-hydrogen) atoms. The predicted octanol–water partition coefficient (Wildman–Crippen LogP) is 2.87. The van der Waals surface area contributed by atoms with Gasteiger partial charge in [-0.15, -0.1) is 0 Å². The van der Waals surface area contributed by atoms with E-state index in [0.717, 1.165) is 17.0 Å². The van der Waals surface area contributed by atoms with Crippen LogP contribution in [0.5, 0.6) is 0 Å². The summed E-state index contributed by atoms with van der Waals surface area (Å²) in [7, 11) is 0. The zero-order valence-corrected chi connectivity index (χ0v) is 11.4. The highest BCUT2D eigenvalue weighted by atomic mass is 32.2. The third-order valence-electron chi connectivity index (χ3n) is 3.27. The third kappa shape index (κ3) is 3.67. The summed E-state index contributed by atoms with van der Waals surface area (Å²) in [6, 6.07) is 8.64. The number of hydrogen-bond acceptors (Lipinski definition) is 3. The van der Waals surface area contributed by atoms with Gasteiger partial charge in [0.1, 0.15) is 0 Å². The van der Waals surface area contributed by atoms with Gasteiger partial charge in [0.2, 0.25) is 0 Å². The molecule has 2 rings (SSSR count). The van der Waals surface area contributed by atoms with Gasteiger partial charge in [0.05, 0.1) is 0 Å². The summed E-state index contributed by atoms with van der Waals surface area (Å²) in [4.78, 5) is 10.6. The Kier molecular flexibility index (Phi) is 4.53. The molecule has 3 nitrogen and oxygen atoms in total. The maximum Gasteiger partial charge on any atom is 0.303 e. The van der Waals surface area contributed by atoms with Gasteiger partial charge in [-0.3, -0.25) is 4.79 Å². The molecule has 0 aromatic heterocycles. The molecule has 1 aliphatic rings. The van der Waals surface area contributed by atoms with Crippen LogP contribution in [0.3, 0.4) is 0 Å². The smallest absolute Gasteiger partial charge is 0.303 e. The van der Waals surface area contributed by atoms with Crippen LogP contribution in [0.1, 0.15) is 18.9 Å². The number of thioether (sulfide) groups is 1. The average molecular weight is 265 g/mol. The Labute approximate surface area is 112 Å². The summed E-state index contributed by atoms with van der Waals surface area (Å²) >= 11 is 1.99. The molecule has 1 saturated heterocycles. The van der Waals surface area contributed by atoms with Gasteiger partial charge in [-0.2, -0.15) is 11.8 Å². The number of hydrogen-bond donors (Lipinski definition) is 2. The molecule has 2 unspecified atom stereocenters. The Morgan fingerprint density at radius 2 is 2.33 bits per heavy atom. The Bertz CT molecular complexity index is 422. The quantitative estimate of drug-likeness (QED) is 0.859. The number of benzene rings is 1. The van der Waals surface area contributed by atoms with Gasteiger partial charge in [-0.25, -0.2) is 0 Å². The van der Waals surface area contributed by atoms with Crippen molar-refractivity contribution >= 4 is 23.4 Å². The van der Waals surface area contributed by atoms with E-state index < -0.39 is 5.97 Å². The Morgan fingerprint density at radius 3 is 3.00 bits per heavy atom. The van der Waals surface area contributed by atoms with Crippen molar-refractivity contribution in [2.24, 2.45) is 5.92 Å². The Hall–Kier alpha value is -1.16. The van der Waals surface area contributed by atoms with Crippen molar-refractivity contribution in [2.45, 2.75) is 25.8 Å². The summed E-state index contributed by atoms with van der Waals surface area (Å²) in [6.45, 7) is 2.27. The van der Waals surface area contributed by atoms with Gasteiger partial charge in [0, 0.05) is 23.9 Å². The zero-order valence-electron chi connectivity index (χ0n) is 10.6. The Balaban J connectivity index is 1.96. The number of aliphatic carboxylic acids is 1. The molecule has 98 valence electrons.